The lowest BCUT2D eigenvalue weighted by Gasteiger charge is -2.24. The molecule has 0 aromatic heterocycles. The Bertz CT molecular complexity index is 447. The number of amides is 1. The largest absolute Gasteiger partial charge is 0.444 e. The molecule has 1 amide bonds. The third kappa shape index (κ3) is 11.3. The van der Waals surface area contributed by atoms with E-state index >= 15 is 0 Å². The van der Waals surface area contributed by atoms with Crippen LogP contribution in [-0.2, 0) is 24.2 Å². The van der Waals surface area contributed by atoms with Crippen molar-refractivity contribution in [3.8, 4) is 0 Å². The summed E-state index contributed by atoms with van der Waals surface area (Å²) in [4.78, 5) is 11.6. The molecule has 1 N–H and O–H groups in total. The summed E-state index contributed by atoms with van der Waals surface area (Å²) < 4.78 is 40.5. The normalized spacial score (nSPS) is 13.9. The molecule has 0 radical (unpaired) electrons. The summed E-state index contributed by atoms with van der Waals surface area (Å²) in [5.41, 5.74) is -0.596. The molecule has 0 aromatic carbocycles. The average molecular weight is 354 g/mol. The van der Waals surface area contributed by atoms with Gasteiger partial charge in [0.15, 0.2) is 0 Å². The second-order valence-corrected chi connectivity index (χ2v) is 8.44. The molecule has 0 aromatic rings. The van der Waals surface area contributed by atoms with Crippen molar-refractivity contribution < 1.29 is 27.4 Å². The highest BCUT2D eigenvalue weighted by Crippen LogP contribution is 2.07. The van der Waals surface area contributed by atoms with E-state index in [2.05, 4.69) is 5.32 Å². The van der Waals surface area contributed by atoms with Gasteiger partial charge in [-0.15, -0.1) is 0 Å². The molecule has 0 saturated carbocycles. The van der Waals surface area contributed by atoms with E-state index in [-0.39, 0.29) is 24.9 Å². The van der Waals surface area contributed by atoms with Gasteiger partial charge >= 0.3 is 6.09 Å². The molecule has 8 nitrogen and oxygen atoms in total. The molecule has 0 heterocycles. The maximum Gasteiger partial charge on any atom is 0.407 e. The number of alkyl carbamates (subject to hydrolysis) is 1. The highest BCUT2D eigenvalue weighted by atomic mass is 32.2. The fourth-order valence-corrected chi connectivity index (χ4v) is 2.71. The molecular formula is C14H30N2O6S. The van der Waals surface area contributed by atoms with Crippen LogP contribution < -0.4 is 5.32 Å². The third-order valence-electron chi connectivity index (χ3n) is 2.69. The Morgan fingerprint density at radius 1 is 1.22 bits per heavy atom. The quantitative estimate of drug-likeness (QED) is 0.584. The predicted molar refractivity (Wildman–Crippen MR) is 87.9 cm³/mol. The Morgan fingerprint density at radius 3 is 2.35 bits per heavy atom. The number of sulfonamides is 1. The van der Waals surface area contributed by atoms with E-state index in [9.17, 15) is 13.2 Å². The van der Waals surface area contributed by atoms with Crippen LogP contribution in [0, 0.1) is 0 Å². The van der Waals surface area contributed by atoms with Gasteiger partial charge in [0.25, 0.3) is 0 Å². The molecule has 0 rings (SSSR count). The van der Waals surface area contributed by atoms with Crippen LogP contribution in [0.2, 0.25) is 0 Å². The SMILES string of the molecule is COCCOCCS(=O)(=O)N(C)CC(C)NC(=O)OC(C)(C)C. The van der Waals surface area contributed by atoms with Crippen LogP contribution in [0.4, 0.5) is 4.79 Å². The van der Waals surface area contributed by atoms with Gasteiger partial charge in [0.2, 0.25) is 10.0 Å². The van der Waals surface area contributed by atoms with Gasteiger partial charge in [0, 0.05) is 26.7 Å². The molecular weight excluding hydrogens is 324 g/mol. The number of ether oxygens (including phenoxy) is 3. The van der Waals surface area contributed by atoms with Crippen molar-refractivity contribution in [3.05, 3.63) is 0 Å². The van der Waals surface area contributed by atoms with Gasteiger partial charge in [-0.3, -0.25) is 0 Å². The van der Waals surface area contributed by atoms with Crippen LogP contribution in [-0.4, -0.2) is 76.7 Å². The molecule has 0 aliphatic rings. The van der Waals surface area contributed by atoms with Crippen molar-refractivity contribution in [2.24, 2.45) is 0 Å². The van der Waals surface area contributed by atoms with E-state index in [1.165, 1.54) is 11.4 Å². The fraction of sp³-hybridized carbons (Fsp3) is 0.929. The molecule has 0 bridgehead atoms. The van der Waals surface area contributed by atoms with Crippen LogP contribution in [0.3, 0.4) is 0 Å². The highest BCUT2D eigenvalue weighted by molar-refractivity contribution is 7.89. The van der Waals surface area contributed by atoms with Crippen LogP contribution in [0.15, 0.2) is 0 Å². The molecule has 138 valence electrons. The van der Waals surface area contributed by atoms with E-state index in [0.717, 1.165) is 0 Å². The van der Waals surface area contributed by atoms with Gasteiger partial charge in [0.1, 0.15) is 5.60 Å². The minimum absolute atomic E-state index is 0.101. The summed E-state index contributed by atoms with van der Waals surface area (Å²) in [6.45, 7) is 8.03. The van der Waals surface area contributed by atoms with E-state index in [1.807, 2.05) is 0 Å². The standard InChI is InChI=1S/C14H30N2O6S/c1-12(15-13(17)22-14(2,3)4)11-16(5)23(18,19)10-9-21-8-7-20-6/h12H,7-11H2,1-6H3,(H,15,17). The van der Waals surface area contributed by atoms with Crippen molar-refractivity contribution in [2.45, 2.75) is 39.3 Å². The van der Waals surface area contributed by atoms with Gasteiger partial charge in [-0.2, -0.15) is 0 Å². The van der Waals surface area contributed by atoms with Crippen LogP contribution >= 0.6 is 0 Å². The number of methoxy groups -OCH3 is 1. The Labute approximate surface area is 139 Å². The van der Waals surface area contributed by atoms with Crippen LogP contribution in [0.5, 0.6) is 0 Å². The Morgan fingerprint density at radius 2 is 1.83 bits per heavy atom. The maximum absolute atomic E-state index is 12.1. The lowest BCUT2D eigenvalue weighted by atomic mass is 10.2. The van der Waals surface area contributed by atoms with Gasteiger partial charge in [-0.25, -0.2) is 17.5 Å². The van der Waals surface area contributed by atoms with Gasteiger partial charge in [-0.05, 0) is 27.7 Å². The average Bonchev–Trinajstić information content (AvgIpc) is 2.35. The molecule has 9 heteroatoms. The lowest BCUT2D eigenvalue weighted by Crippen LogP contribution is -2.45. The Hall–Kier alpha value is -0.900. The number of nitrogens with one attached hydrogen (secondary N) is 1. The summed E-state index contributed by atoms with van der Waals surface area (Å²) in [6, 6.07) is -0.376. The Balaban J connectivity index is 4.23. The fourth-order valence-electron chi connectivity index (χ4n) is 1.62. The first kappa shape index (κ1) is 22.1. The molecule has 0 aliphatic heterocycles. The van der Waals surface area contributed by atoms with E-state index in [1.54, 1.807) is 34.8 Å². The molecule has 23 heavy (non-hydrogen) atoms. The number of rotatable bonds is 10. The second kappa shape index (κ2) is 10.1. The predicted octanol–water partition coefficient (Wildman–Crippen LogP) is 0.824. The topological polar surface area (TPSA) is 94.2 Å². The van der Waals surface area contributed by atoms with E-state index < -0.39 is 21.7 Å². The minimum atomic E-state index is -3.44. The number of carbonyl (C=O) groups is 1. The number of carbonyl (C=O) groups excluding carboxylic acids is 1. The van der Waals surface area contributed by atoms with Gasteiger partial charge < -0.3 is 19.5 Å². The first-order valence-corrected chi connectivity index (χ1v) is 9.09. The summed E-state index contributed by atoms with van der Waals surface area (Å²) in [6.07, 6.45) is -0.571. The smallest absolute Gasteiger partial charge is 0.407 e. The number of likely N-dealkylation sites (N-methyl/N-ethyl adjacent to an activating group) is 1. The minimum Gasteiger partial charge on any atom is -0.444 e. The Kier molecular flexibility index (Phi) is 9.67. The summed E-state index contributed by atoms with van der Waals surface area (Å²) in [5, 5.41) is 2.61. The highest BCUT2D eigenvalue weighted by Gasteiger charge is 2.22. The van der Waals surface area contributed by atoms with Crippen LogP contribution in [0.1, 0.15) is 27.7 Å². The summed E-state index contributed by atoms with van der Waals surface area (Å²) in [5.74, 6) is -0.119. The third-order valence-corrected chi connectivity index (χ3v) is 4.47. The molecule has 0 spiro atoms. The molecule has 0 fully saturated rings. The first-order valence-electron chi connectivity index (χ1n) is 7.48. The summed E-state index contributed by atoms with van der Waals surface area (Å²) in [7, 11) is -0.420. The number of nitrogens with zero attached hydrogens (tertiary/aromatic N) is 1. The molecule has 0 aliphatic carbocycles. The maximum atomic E-state index is 12.1. The number of hydrogen-bond donors (Lipinski definition) is 1. The zero-order valence-corrected chi connectivity index (χ0v) is 15.7. The lowest BCUT2D eigenvalue weighted by molar-refractivity contribution is 0.0504. The molecule has 1 unspecified atom stereocenters. The molecule has 1 atom stereocenters. The second-order valence-electron chi connectivity index (χ2n) is 6.25. The zero-order valence-electron chi connectivity index (χ0n) is 14.9. The number of hydrogen-bond acceptors (Lipinski definition) is 6. The monoisotopic (exact) mass is 354 g/mol. The first-order chi connectivity index (χ1) is 10.5. The van der Waals surface area contributed by atoms with E-state index in [0.29, 0.717) is 13.2 Å². The van der Waals surface area contributed by atoms with Crippen molar-refractivity contribution >= 4 is 16.1 Å². The summed E-state index contributed by atoms with van der Waals surface area (Å²) >= 11 is 0. The van der Waals surface area contributed by atoms with Crippen molar-refractivity contribution in [1.82, 2.24) is 9.62 Å². The van der Waals surface area contributed by atoms with E-state index in [4.69, 9.17) is 14.2 Å². The van der Waals surface area contributed by atoms with Gasteiger partial charge in [-0.1, -0.05) is 0 Å². The van der Waals surface area contributed by atoms with Crippen molar-refractivity contribution in [1.29, 1.82) is 0 Å². The van der Waals surface area contributed by atoms with Gasteiger partial charge in [0.05, 0.1) is 25.6 Å². The zero-order chi connectivity index (χ0) is 18.1. The molecule has 0 saturated heterocycles. The van der Waals surface area contributed by atoms with Crippen molar-refractivity contribution in [2.75, 3.05) is 46.3 Å². The van der Waals surface area contributed by atoms with Crippen LogP contribution in [0.25, 0.3) is 0 Å². The van der Waals surface area contributed by atoms with Crippen molar-refractivity contribution in [3.63, 3.8) is 0 Å².